The van der Waals surface area contributed by atoms with Gasteiger partial charge in [0.05, 0.1) is 6.61 Å². The minimum atomic E-state index is -0.245. The van der Waals surface area contributed by atoms with E-state index < -0.39 is 0 Å². The molecule has 1 fully saturated rings. The van der Waals surface area contributed by atoms with E-state index in [0.29, 0.717) is 18.2 Å². The first-order valence-corrected chi connectivity index (χ1v) is 8.30. The predicted octanol–water partition coefficient (Wildman–Crippen LogP) is 3.33. The number of benzene rings is 1. The van der Waals surface area contributed by atoms with E-state index in [0.717, 1.165) is 38.2 Å². The van der Waals surface area contributed by atoms with Gasteiger partial charge in [-0.25, -0.2) is 4.39 Å². The Morgan fingerprint density at radius 3 is 2.83 bits per heavy atom. The molecular weight excluding hydrogens is 305 g/mol. The van der Waals surface area contributed by atoms with Crippen LogP contribution < -0.4 is 4.74 Å². The Morgan fingerprint density at radius 2 is 2.12 bits per heavy atom. The number of halogens is 1. The Hall–Kier alpha value is -2.32. The smallest absolute Gasteiger partial charge is 0.123 e. The van der Waals surface area contributed by atoms with Crippen molar-refractivity contribution in [3.8, 4) is 11.8 Å². The Bertz CT molecular complexity index is 717. The van der Waals surface area contributed by atoms with Crippen LogP contribution in [-0.4, -0.2) is 29.2 Å². The fourth-order valence-corrected chi connectivity index (χ4v) is 3.26. The molecule has 0 spiro atoms. The molecule has 0 saturated carbocycles. The van der Waals surface area contributed by atoms with E-state index in [1.165, 1.54) is 17.7 Å². The third-order valence-electron chi connectivity index (χ3n) is 4.48. The monoisotopic (exact) mass is 327 g/mol. The maximum Gasteiger partial charge on any atom is 0.123 e. The van der Waals surface area contributed by atoms with Gasteiger partial charge in [-0.3, -0.25) is 4.90 Å². The second kappa shape index (κ2) is 7.50. The van der Waals surface area contributed by atoms with Gasteiger partial charge in [0.2, 0.25) is 0 Å². The molecule has 0 unspecified atom stereocenters. The summed E-state index contributed by atoms with van der Waals surface area (Å²) in [7, 11) is 1.90. The molecule has 0 N–H and O–H groups in total. The summed E-state index contributed by atoms with van der Waals surface area (Å²) < 4.78 is 20.6. The van der Waals surface area contributed by atoms with E-state index in [9.17, 15) is 4.39 Å². The Kier molecular flexibility index (Phi) is 5.17. The van der Waals surface area contributed by atoms with E-state index >= 15 is 0 Å². The normalized spacial score (nSPS) is 18.3. The van der Waals surface area contributed by atoms with Crippen molar-refractivity contribution < 1.29 is 9.13 Å². The molecule has 1 saturated heterocycles. The number of piperidine rings is 1. The van der Waals surface area contributed by atoms with Crippen LogP contribution in [0.2, 0.25) is 0 Å². The number of ether oxygens (including phenoxy) is 1. The average molecular weight is 327 g/mol. The molecule has 1 aliphatic rings. The molecular formula is C19H22FN3O. The topological polar surface area (TPSA) is 41.2 Å². The SMILES string of the molecule is Cn1cc(CN2CCC[C@@H](COc3ccc(F)cc3)C2)cc1C#N. The highest BCUT2D eigenvalue weighted by molar-refractivity contribution is 5.28. The first-order chi connectivity index (χ1) is 11.6. The molecule has 2 aromatic rings. The summed E-state index contributed by atoms with van der Waals surface area (Å²) in [6.45, 7) is 3.57. The molecule has 1 atom stereocenters. The van der Waals surface area contributed by atoms with Crippen molar-refractivity contribution in [1.29, 1.82) is 5.26 Å². The molecule has 0 bridgehead atoms. The number of aromatic nitrogens is 1. The zero-order valence-electron chi connectivity index (χ0n) is 13.9. The number of hydrogen-bond donors (Lipinski definition) is 0. The van der Waals surface area contributed by atoms with Crippen LogP contribution >= 0.6 is 0 Å². The van der Waals surface area contributed by atoms with Crippen molar-refractivity contribution in [3.63, 3.8) is 0 Å². The molecule has 24 heavy (non-hydrogen) atoms. The molecule has 126 valence electrons. The maximum atomic E-state index is 12.9. The van der Waals surface area contributed by atoms with Crippen LogP contribution in [0.3, 0.4) is 0 Å². The van der Waals surface area contributed by atoms with Crippen molar-refractivity contribution in [1.82, 2.24) is 9.47 Å². The van der Waals surface area contributed by atoms with Gasteiger partial charge < -0.3 is 9.30 Å². The summed E-state index contributed by atoms with van der Waals surface area (Å²) in [6, 6.07) is 10.3. The zero-order chi connectivity index (χ0) is 16.9. The minimum absolute atomic E-state index is 0.245. The van der Waals surface area contributed by atoms with Crippen LogP contribution in [0.4, 0.5) is 4.39 Å². The fraction of sp³-hybridized carbons (Fsp3) is 0.421. The molecule has 1 aromatic carbocycles. The van der Waals surface area contributed by atoms with Crippen molar-refractivity contribution in [3.05, 3.63) is 53.6 Å². The lowest BCUT2D eigenvalue weighted by molar-refractivity contribution is 0.125. The Labute approximate surface area is 142 Å². The van der Waals surface area contributed by atoms with E-state index in [2.05, 4.69) is 11.0 Å². The number of rotatable bonds is 5. The van der Waals surface area contributed by atoms with Gasteiger partial charge in [0, 0.05) is 32.3 Å². The summed E-state index contributed by atoms with van der Waals surface area (Å²) in [4.78, 5) is 2.42. The first-order valence-electron chi connectivity index (χ1n) is 8.30. The van der Waals surface area contributed by atoms with Crippen LogP contribution in [0.25, 0.3) is 0 Å². The summed E-state index contributed by atoms with van der Waals surface area (Å²) in [6.07, 6.45) is 4.32. The highest BCUT2D eigenvalue weighted by atomic mass is 19.1. The van der Waals surface area contributed by atoms with Crippen LogP contribution in [0.15, 0.2) is 36.5 Å². The molecule has 0 amide bonds. The van der Waals surface area contributed by atoms with Crippen LogP contribution in [0.1, 0.15) is 24.1 Å². The lowest BCUT2D eigenvalue weighted by atomic mass is 9.98. The van der Waals surface area contributed by atoms with Gasteiger partial charge in [0.1, 0.15) is 23.3 Å². The van der Waals surface area contributed by atoms with E-state index in [-0.39, 0.29) is 5.82 Å². The van der Waals surface area contributed by atoms with Gasteiger partial charge >= 0.3 is 0 Å². The van der Waals surface area contributed by atoms with E-state index in [4.69, 9.17) is 10.00 Å². The molecule has 0 radical (unpaired) electrons. The minimum Gasteiger partial charge on any atom is -0.493 e. The lowest BCUT2D eigenvalue weighted by Gasteiger charge is -2.32. The third-order valence-corrected chi connectivity index (χ3v) is 4.48. The van der Waals surface area contributed by atoms with Crippen LogP contribution in [0.5, 0.6) is 5.75 Å². The number of likely N-dealkylation sites (tertiary alicyclic amines) is 1. The molecule has 3 rings (SSSR count). The quantitative estimate of drug-likeness (QED) is 0.846. The first kappa shape index (κ1) is 16.5. The second-order valence-electron chi connectivity index (χ2n) is 6.46. The van der Waals surface area contributed by atoms with Crippen molar-refractivity contribution in [2.24, 2.45) is 13.0 Å². The maximum absolute atomic E-state index is 12.9. The lowest BCUT2D eigenvalue weighted by Crippen LogP contribution is -2.37. The van der Waals surface area contributed by atoms with Crippen molar-refractivity contribution >= 4 is 0 Å². The van der Waals surface area contributed by atoms with Gasteiger partial charge in [-0.15, -0.1) is 0 Å². The van der Waals surface area contributed by atoms with Gasteiger partial charge in [-0.2, -0.15) is 5.26 Å². The summed E-state index contributed by atoms with van der Waals surface area (Å²) in [5.41, 5.74) is 1.87. The number of hydrogen-bond acceptors (Lipinski definition) is 3. The third kappa shape index (κ3) is 4.15. The Morgan fingerprint density at radius 1 is 1.33 bits per heavy atom. The zero-order valence-corrected chi connectivity index (χ0v) is 13.9. The van der Waals surface area contributed by atoms with Crippen LogP contribution in [-0.2, 0) is 13.6 Å². The van der Waals surface area contributed by atoms with Gasteiger partial charge in [-0.1, -0.05) is 0 Å². The van der Waals surface area contributed by atoms with Gasteiger partial charge in [0.25, 0.3) is 0 Å². The van der Waals surface area contributed by atoms with Crippen LogP contribution in [0, 0.1) is 23.1 Å². The number of nitriles is 1. The second-order valence-corrected chi connectivity index (χ2v) is 6.46. The standard InChI is InChI=1S/C19H22FN3O/c1-22-11-16(9-18(22)10-21)13-23-8-2-3-15(12-23)14-24-19-6-4-17(20)5-7-19/h4-7,9,11,15H,2-3,8,12-14H2,1H3/t15-/m1/s1. The highest BCUT2D eigenvalue weighted by Crippen LogP contribution is 2.21. The Balaban J connectivity index is 1.52. The summed E-state index contributed by atoms with van der Waals surface area (Å²) in [5.74, 6) is 0.948. The van der Waals surface area contributed by atoms with E-state index in [1.54, 1.807) is 12.1 Å². The largest absolute Gasteiger partial charge is 0.493 e. The van der Waals surface area contributed by atoms with E-state index in [1.807, 2.05) is 23.9 Å². The summed E-state index contributed by atoms with van der Waals surface area (Å²) >= 11 is 0. The highest BCUT2D eigenvalue weighted by Gasteiger charge is 2.21. The molecule has 4 nitrogen and oxygen atoms in total. The summed E-state index contributed by atoms with van der Waals surface area (Å²) in [5, 5.41) is 9.05. The van der Waals surface area contributed by atoms with Crippen molar-refractivity contribution in [2.45, 2.75) is 19.4 Å². The predicted molar refractivity (Wildman–Crippen MR) is 90.0 cm³/mol. The van der Waals surface area contributed by atoms with Gasteiger partial charge in [0.15, 0.2) is 0 Å². The number of nitrogens with zero attached hydrogens (tertiary/aromatic N) is 3. The number of aryl methyl sites for hydroxylation is 1. The molecule has 5 heteroatoms. The molecule has 1 aliphatic heterocycles. The average Bonchev–Trinajstić information content (AvgIpc) is 2.94. The van der Waals surface area contributed by atoms with Gasteiger partial charge in [-0.05, 0) is 55.3 Å². The molecule has 2 heterocycles. The molecule has 1 aromatic heterocycles. The van der Waals surface area contributed by atoms with Crippen molar-refractivity contribution in [2.75, 3.05) is 19.7 Å². The fourth-order valence-electron chi connectivity index (χ4n) is 3.26. The molecule has 0 aliphatic carbocycles.